The Balaban J connectivity index is 1.51. The number of ether oxygens (including phenoxy) is 3. The van der Waals surface area contributed by atoms with E-state index in [-0.39, 0.29) is 23.8 Å². The van der Waals surface area contributed by atoms with Gasteiger partial charge < -0.3 is 18.8 Å². The number of aryl methyl sites for hydroxylation is 1. The van der Waals surface area contributed by atoms with Gasteiger partial charge in [0.1, 0.15) is 0 Å². The van der Waals surface area contributed by atoms with Crippen LogP contribution in [0, 0.1) is 13.8 Å². The highest BCUT2D eigenvalue weighted by Gasteiger charge is 2.21. The van der Waals surface area contributed by atoms with Crippen LogP contribution in [0.3, 0.4) is 0 Å². The smallest absolute Gasteiger partial charge is 0.340 e. The summed E-state index contributed by atoms with van der Waals surface area (Å²) in [7, 11) is -3.59. The zero-order valence-electron chi connectivity index (χ0n) is 18.2. The van der Waals surface area contributed by atoms with Gasteiger partial charge in [0.25, 0.3) is 0 Å². The fourth-order valence-electron chi connectivity index (χ4n) is 3.70. The molecule has 2 heterocycles. The number of hydrogen-bond donors (Lipinski definition) is 1. The number of anilines is 1. The lowest BCUT2D eigenvalue weighted by Gasteiger charge is -2.11. The molecule has 1 aromatic heterocycles. The van der Waals surface area contributed by atoms with Crippen molar-refractivity contribution in [2.75, 3.05) is 24.4 Å². The minimum absolute atomic E-state index is 0.0153. The standard InChI is InChI=1S/C23H22N2O7S/c1-14-10-18(15(2)25(14)16-8-9-21-22(11-16)32-13-31-21)20(26)12-30-23(27)17-6-4-5-7-19(17)24-33(3,28)29/h4-11,24H,12-13H2,1-3H3. The van der Waals surface area contributed by atoms with E-state index in [1.54, 1.807) is 25.1 Å². The highest BCUT2D eigenvalue weighted by atomic mass is 32.2. The molecule has 172 valence electrons. The van der Waals surface area contributed by atoms with E-state index >= 15 is 0 Å². The van der Waals surface area contributed by atoms with Gasteiger partial charge in [-0.3, -0.25) is 9.52 Å². The first-order valence-electron chi connectivity index (χ1n) is 10.00. The molecule has 0 radical (unpaired) electrons. The maximum Gasteiger partial charge on any atom is 0.340 e. The zero-order chi connectivity index (χ0) is 23.8. The number of benzene rings is 2. The first-order chi connectivity index (χ1) is 15.6. The van der Waals surface area contributed by atoms with Crippen LogP contribution in [0.5, 0.6) is 11.5 Å². The highest BCUT2D eigenvalue weighted by Crippen LogP contribution is 2.35. The molecule has 0 saturated heterocycles. The predicted molar refractivity (Wildman–Crippen MR) is 121 cm³/mol. The molecule has 33 heavy (non-hydrogen) atoms. The third-order valence-electron chi connectivity index (χ3n) is 5.12. The SMILES string of the molecule is Cc1cc(C(=O)COC(=O)c2ccccc2NS(C)(=O)=O)c(C)n1-c1ccc2c(c1)OCO2. The van der Waals surface area contributed by atoms with Gasteiger partial charge in [0, 0.05) is 28.7 Å². The summed E-state index contributed by atoms with van der Waals surface area (Å²) in [5.74, 6) is 0.106. The summed E-state index contributed by atoms with van der Waals surface area (Å²) in [6, 6.07) is 13.3. The van der Waals surface area contributed by atoms with E-state index in [2.05, 4.69) is 4.72 Å². The van der Waals surface area contributed by atoms with Crippen molar-refractivity contribution in [3.8, 4) is 17.2 Å². The number of esters is 1. The molecule has 10 heteroatoms. The second-order valence-corrected chi connectivity index (χ2v) is 9.33. The van der Waals surface area contributed by atoms with Crippen molar-refractivity contribution in [1.29, 1.82) is 0 Å². The van der Waals surface area contributed by atoms with Gasteiger partial charge in [-0.1, -0.05) is 12.1 Å². The summed E-state index contributed by atoms with van der Waals surface area (Å²) in [5, 5.41) is 0. The second-order valence-electron chi connectivity index (χ2n) is 7.58. The molecule has 3 aromatic rings. The topological polar surface area (TPSA) is 113 Å². The number of carbonyl (C=O) groups excluding carboxylic acids is 2. The fourth-order valence-corrected chi connectivity index (χ4v) is 4.28. The normalized spacial score (nSPS) is 12.5. The van der Waals surface area contributed by atoms with Crippen molar-refractivity contribution in [3.63, 3.8) is 0 Å². The van der Waals surface area contributed by atoms with E-state index < -0.39 is 22.6 Å². The molecule has 0 aliphatic carbocycles. The Hall–Kier alpha value is -3.79. The third-order valence-corrected chi connectivity index (χ3v) is 5.71. The molecule has 0 unspecified atom stereocenters. The quantitative estimate of drug-likeness (QED) is 0.417. The molecule has 0 saturated carbocycles. The van der Waals surface area contributed by atoms with Crippen LogP contribution < -0.4 is 14.2 Å². The number of aromatic nitrogens is 1. The molecule has 0 atom stereocenters. The molecule has 1 aliphatic rings. The van der Waals surface area contributed by atoms with Crippen molar-refractivity contribution >= 4 is 27.5 Å². The van der Waals surface area contributed by atoms with Crippen LogP contribution in [-0.4, -0.2) is 44.4 Å². The number of hydrogen-bond acceptors (Lipinski definition) is 7. The van der Waals surface area contributed by atoms with Gasteiger partial charge in [-0.25, -0.2) is 13.2 Å². The Morgan fingerprint density at radius 3 is 2.52 bits per heavy atom. The molecule has 1 N–H and O–H groups in total. The molecular weight excluding hydrogens is 448 g/mol. The maximum absolute atomic E-state index is 12.9. The molecule has 0 bridgehead atoms. The molecular formula is C23H22N2O7S. The van der Waals surface area contributed by atoms with Crippen LogP contribution in [0.25, 0.3) is 5.69 Å². The summed E-state index contributed by atoms with van der Waals surface area (Å²) < 4.78 is 43.2. The first-order valence-corrected chi connectivity index (χ1v) is 11.9. The van der Waals surface area contributed by atoms with Crippen LogP contribution in [0.4, 0.5) is 5.69 Å². The summed E-state index contributed by atoms with van der Waals surface area (Å²) in [6.07, 6.45) is 0.981. The maximum atomic E-state index is 12.9. The lowest BCUT2D eigenvalue weighted by Crippen LogP contribution is -2.18. The summed E-state index contributed by atoms with van der Waals surface area (Å²) >= 11 is 0. The molecule has 9 nitrogen and oxygen atoms in total. The molecule has 2 aromatic carbocycles. The molecule has 4 rings (SSSR count). The van der Waals surface area contributed by atoms with Crippen molar-refractivity contribution in [1.82, 2.24) is 4.57 Å². The summed E-state index contributed by atoms with van der Waals surface area (Å²) in [5.41, 5.74) is 2.84. The fraction of sp³-hybridized carbons (Fsp3) is 0.217. The van der Waals surface area contributed by atoms with E-state index in [0.29, 0.717) is 22.8 Å². The van der Waals surface area contributed by atoms with Gasteiger partial charge in [-0.15, -0.1) is 0 Å². The molecule has 0 fully saturated rings. The summed E-state index contributed by atoms with van der Waals surface area (Å²) in [4.78, 5) is 25.4. The van der Waals surface area contributed by atoms with Gasteiger partial charge in [0.2, 0.25) is 22.6 Å². The number of nitrogens with one attached hydrogen (secondary N) is 1. The van der Waals surface area contributed by atoms with Crippen molar-refractivity contribution < 1.29 is 32.2 Å². The highest BCUT2D eigenvalue weighted by molar-refractivity contribution is 7.92. The minimum Gasteiger partial charge on any atom is -0.454 e. The van der Waals surface area contributed by atoms with Gasteiger partial charge in [-0.2, -0.15) is 0 Å². The average molecular weight is 471 g/mol. The zero-order valence-corrected chi connectivity index (χ0v) is 19.1. The van der Waals surface area contributed by atoms with E-state index in [1.807, 2.05) is 29.7 Å². The molecule has 0 amide bonds. The van der Waals surface area contributed by atoms with Gasteiger partial charge >= 0.3 is 5.97 Å². The molecule has 0 spiro atoms. The number of rotatable bonds is 7. The number of nitrogens with zero attached hydrogens (tertiary/aromatic N) is 1. The monoisotopic (exact) mass is 470 g/mol. The van der Waals surface area contributed by atoms with Crippen LogP contribution in [0.2, 0.25) is 0 Å². The predicted octanol–water partition coefficient (Wildman–Crippen LogP) is 3.23. The number of ketones is 1. The van der Waals surface area contributed by atoms with E-state index in [1.165, 1.54) is 12.1 Å². The number of Topliss-reactive ketones (excluding diaryl/α,β-unsaturated/α-hetero) is 1. The van der Waals surface area contributed by atoms with E-state index in [4.69, 9.17) is 14.2 Å². The van der Waals surface area contributed by atoms with Crippen LogP contribution in [0.15, 0.2) is 48.5 Å². The number of sulfonamides is 1. The first kappa shape index (κ1) is 22.4. The van der Waals surface area contributed by atoms with Crippen LogP contribution >= 0.6 is 0 Å². The number of carbonyl (C=O) groups is 2. The Bertz CT molecular complexity index is 1360. The Labute approximate surface area is 190 Å². The van der Waals surface area contributed by atoms with Gasteiger partial charge in [0.15, 0.2) is 18.1 Å². The number of fused-ring (bicyclic) bond motifs is 1. The average Bonchev–Trinajstić information content (AvgIpc) is 3.34. The van der Waals surface area contributed by atoms with E-state index in [0.717, 1.165) is 17.6 Å². The van der Waals surface area contributed by atoms with Crippen molar-refractivity contribution in [2.24, 2.45) is 0 Å². The Morgan fingerprint density at radius 1 is 1.03 bits per heavy atom. The largest absolute Gasteiger partial charge is 0.454 e. The van der Waals surface area contributed by atoms with E-state index in [9.17, 15) is 18.0 Å². The summed E-state index contributed by atoms with van der Waals surface area (Å²) in [6.45, 7) is 3.35. The van der Waals surface area contributed by atoms with Gasteiger partial charge in [-0.05, 0) is 44.2 Å². The second kappa shape index (κ2) is 8.62. The van der Waals surface area contributed by atoms with Crippen LogP contribution in [-0.2, 0) is 14.8 Å². The molecule has 1 aliphatic heterocycles. The minimum atomic E-state index is -3.59. The Kier molecular flexibility index (Phi) is 5.86. The Morgan fingerprint density at radius 2 is 1.76 bits per heavy atom. The number of para-hydroxylation sites is 1. The third kappa shape index (κ3) is 4.70. The van der Waals surface area contributed by atoms with Crippen molar-refractivity contribution in [2.45, 2.75) is 13.8 Å². The van der Waals surface area contributed by atoms with Crippen LogP contribution in [0.1, 0.15) is 32.1 Å². The lowest BCUT2D eigenvalue weighted by atomic mass is 10.1. The lowest BCUT2D eigenvalue weighted by molar-refractivity contribution is 0.0475. The van der Waals surface area contributed by atoms with Crippen molar-refractivity contribution in [3.05, 3.63) is 71.0 Å². The van der Waals surface area contributed by atoms with Gasteiger partial charge in [0.05, 0.1) is 17.5 Å².